The van der Waals surface area contributed by atoms with E-state index < -0.39 is 0 Å². The summed E-state index contributed by atoms with van der Waals surface area (Å²) in [7, 11) is 1.86. The molecule has 3 rings (SSSR count). The van der Waals surface area contributed by atoms with Crippen LogP contribution in [0, 0.1) is 0 Å². The zero-order chi connectivity index (χ0) is 22.9. The smallest absolute Gasteiger partial charge is 0.239 e. The van der Waals surface area contributed by atoms with E-state index in [1.165, 1.54) is 5.56 Å². The van der Waals surface area contributed by atoms with Crippen molar-refractivity contribution in [3.8, 4) is 0 Å². The fourth-order valence-electron chi connectivity index (χ4n) is 5.00. The lowest BCUT2D eigenvalue weighted by atomic mass is 10.1. The second kappa shape index (κ2) is 14.1. The SMILES string of the molecule is CCN(CC)C(CNC(=NC)N1CCN(C(C)C(=O)N2CCCC2)CC1)c1ccccc1.I. The second-order valence-electron chi connectivity index (χ2n) is 8.81. The number of carbonyl (C=O) groups is 1. The molecule has 0 radical (unpaired) electrons. The highest BCUT2D eigenvalue weighted by Gasteiger charge is 2.30. The Kier molecular flexibility index (Phi) is 11.9. The van der Waals surface area contributed by atoms with E-state index in [0.717, 1.165) is 77.7 Å². The number of nitrogens with zero attached hydrogens (tertiary/aromatic N) is 5. The van der Waals surface area contributed by atoms with Crippen molar-refractivity contribution in [1.82, 2.24) is 24.9 Å². The van der Waals surface area contributed by atoms with Crippen molar-refractivity contribution >= 4 is 35.8 Å². The van der Waals surface area contributed by atoms with Gasteiger partial charge < -0.3 is 15.1 Å². The van der Waals surface area contributed by atoms with E-state index in [0.29, 0.717) is 11.9 Å². The molecule has 2 aliphatic rings. The fourth-order valence-corrected chi connectivity index (χ4v) is 5.00. The first-order valence-corrected chi connectivity index (χ1v) is 12.4. The van der Waals surface area contributed by atoms with Gasteiger partial charge in [0.15, 0.2) is 5.96 Å². The van der Waals surface area contributed by atoms with Crippen molar-refractivity contribution in [2.75, 3.05) is 66.0 Å². The van der Waals surface area contributed by atoms with E-state index in [9.17, 15) is 4.79 Å². The Morgan fingerprint density at radius 1 is 1.00 bits per heavy atom. The molecule has 2 saturated heterocycles. The van der Waals surface area contributed by atoms with Gasteiger partial charge in [0.1, 0.15) is 0 Å². The lowest BCUT2D eigenvalue weighted by Gasteiger charge is -2.40. The third kappa shape index (κ3) is 7.29. The molecule has 33 heavy (non-hydrogen) atoms. The molecule has 2 aliphatic heterocycles. The lowest BCUT2D eigenvalue weighted by molar-refractivity contribution is -0.135. The molecule has 1 aromatic rings. The number of benzene rings is 1. The maximum Gasteiger partial charge on any atom is 0.239 e. The van der Waals surface area contributed by atoms with E-state index in [2.05, 4.69) is 76.1 Å². The van der Waals surface area contributed by atoms with Gasteiger partial charge >= 0.3 is 0 Å². The molecule has 1 amide bonds. The van der Waals surface area contributed by atoms with Gasteiger partial charge in [-0.15, -0.1) is 24.0 Å². The number of piperazine rings is 1. The van der Waals surface area contributed by atoms with E-state index in [1.807, 2.05) is 11.9 Å². The Bertz CT molecular complexity index is 728. The van der Waals surface area contributed by atoms with Crippen LogP contribution in [0.2, 0.25) is 0 Å². The maximum absolute atomic E-state index is 12.8. The summed E-state index contributed by atoms with van der Waals surface area (Å²) in [5.74, 6) is 1.25. The van der Waals surface area contributed by atoms with Crippen LogP contribution in [0.25, 0.3) is 0 Å². The number of hydrogen-bond acceptors (Lipinski definition) is 4. The van der Waals surface area contributed by atoms with Crippen molar-refractivity contribution < 1.29 is 4.79 Å². The number of amides is 1. The minimum atomic E-state index is -0.0321. The van der Waals surface area contributed by atoms with Gasteiger partial charge in [-0.05, 0) is 38.4 Å². The van der Waals surface area contributed by atoms with Crippen LogP contribution in [-0.2, 0) is 4.79 Å². The fraction of sp³-hybridized carbons (Fsp3) is 0.680. The predicted octanol–water partition coefficient (Wildman–Crippen LogP) is 2.89. The molecule has 1 aromatic carbocycles. The number of rotatable bonds is 8. The summed E-state index contributed by atoms with van der Waals surface area (Å²) in [6.07, 6.45) is 2.29. The highest BCUT2D eigenvalue weighted by atomic mass is 127. The number of nitrogens with one attached hydrogen (secondary N) is 1. The van der Waals surface area contributed by atoms with Crippen molar-refractivity contribution in [3.05, 3.63) is 35.9 Å². The van der Waals surface area contributed by atoms with Gasteiger partial charge in [0.05, 0.1) is 12.1 Å². The number of carbonyl (C=O) groups excluding carboxylic acids is 1. The largest absolute Gasteiger partial charge is 0.354 e. The number of likely N-dealkylation sites (N-methyl/N-ethyl adjacent to an activating group) is 1. The minimum absolute atomic E-state index is 0. The lowest BCUT2D eigenvalue weighted by Crippen LogP contribution is -2.57. The normalized spacial score (nSPS) is 19.4. The Hall–Kier alpha value is -1.39. The summed E-state index contributed by atoms with van der Waals surface area (Å²) < 4.78 is 0. The van der Waals surface area contributed by atoms with Gasteiger partial charge in [0.25, 0.3) is 0 Å². The van der Waals surface area contributed by atoms with Gasteiger partial charge in [0, 0.05) is 52.9 Å². The average Bonchev–Trinajstić information content (AvgIpc) is 3.39. The summed E-state index contributed by atoms with van der Waals surface area (Å²) in [6.45, 7) is 14.8. The molecule has 2 fully saturated rings. The highest BCUT2D eigenvalue weighted by molar-refractivity contribution is 14.0. The van der Waals surface area contributed by atoms with Crippen LogP contribution in [0.5, 0.6) is 0 Å². The van der Waals surface area contributed by atoms with Gasteiger partial charge in [-0.3, -0.25) is 19.6 Å². The van der Waals surface area contributed by atoms with E-state index in [1.54, 1.807) is 0 Å². The second-order valence-corrected chi connectivity index (χ2v) is 8.81. The molecule has 1 N–H and O–H groups in total. The summed E-state index contributed by atoms with van der Waals surface area (Å²) >= 11 is 0. The van der Waals surface area contributed by atoms with Crippen LogP contribution in [0.1, 0.15) is 45.2 Å². The van der Waals surface area contributed by atoms with Crippen molar-refractivity contribution in [2.45, 2.75) is 45.7 Å². The van der Waals surface area contributed by atoms with Crippen LogP contribution in [0.4, 0.5) is 0 Å². The molecule has 7 nitrogen and oxygen atoms in total. The third-order valence-electron chi connectivity index (χ3n) is 7.04. The first-order chi connectivity index (χ1) is 15.6. The maximum atomic E-state index is 12.8. The number of likely N-dealkylation sites (tertiary alicyclic amines) is 1. The number of hydrogen-bond donors (Lipinski definition) is 1. The first-order valence-electron chi connectivity index (χ1n) is 12.4. The van der Waals surface area contributed by atoms with Crippen molar-refractivity contribution in [3.63, 3.8) is 0 Å². The summed E-state index contributed by atoms with van der Waals surface area (Å²) in [5.41, 5.74) is 1.33. The molecule has 186 valence electrons. The molecule has 0 saturated carbocycles. The van der Waals surface area contributed by atoms with E-state index >= 15 is 0 Å². The Morgan fingerprint density at radius 3 is 2.15 bits per heavy atom. The zero-order valence-electron chi connectivity index (χ0n) is 20.9. The van der Waals surface area contributed by atoms with Gasteiger partial charge in [-0.1, -0.05) is 44.2 Å². The van der Waals surface area contributed by atoms with Gasteiger partial charge in [-0.25, -0.2) is 0 Å². The first kappa shape index (κ1) is 27.9. The molecular formula is C25H43IN6O. The molecular weight excluding hydrogens is 527 g/mol. The topological polar surface area (TPSA) is 54.4 Å². The molecule has 2 atom stereocenters. The summed E-state index contributed by atoms with van der Waals surface area (Å²) in [5, 5.41) is 3.64. The van der Waals surface area contributed by atoms with Crippen LogP contribution >= 0.6 is 24.0 Å². The highest BCUT2D eigenvalue weighted by Crippen LogP contribution is 2.20. The molecule has 0 spiro atoms. The predicted molar refractivity (Wildman–Crippen MR) is 147 cm³/mol. The molecule has 2 heterocycles. The van der Waals surface area contributed by atoms with E-state index in [-0.39, 0.29) is 30.0 Å². The Labute approximate surface area is 217 Å². The number of guanidine groups is 1. The van der Waals surface area contributed by atoms with Crippen LogP contribution in [-0.4, -0.2) is 103 Å². The minimum Gasteiger partial charge on any atom is -0.354 e. The summed E-state index contributed by atoms with van der Waals surface area (Å²) in [6, 6.07) is 11.0. The Morgan fingerprint density at radius 2 is 1.61 bits per heavy atom. The van der Waals surface area contributed by atoms with E-state index in [4.69, 9.17) is 0 Å². The zero-order valence-corrected chi connectivity index (χ0v) is 23.2. The molecule has 0 aliphatic carbocycles. The van der Waals surface area contributed by atoms with Gasteiger partial charge in [0.2, 0.25) is 5.91 Å². The summed E-state index contributed by atoms with van der Waals surface area (Å²) in [4.78, 5) is 26.5. The number of halogens is 1. The molecule has 2 unspecified atom stereocenters. The Balaban J connectivity index is 0.00000385. The van der Waals surface area contributed by atoms with Crippen molar-refractivity contribution in [1.29, 1.82) is 0 Å². The van der Waals surface area contributed by atoms with Crippen LogP contribution in [0.3, 0.4) is 0 Å². The molecule has 0 bridgehead atoms. The quantitative estimate of drug-likeness (QED) is 0.296. The number of aliphatic imine (C=N–C) groups is 1. The monoisotopic (exact) mass is 570 g/mol. The third-order valence-corrected chi connectivity index (χ3v) is 7.04. The van der Waals surface area contributed by atoms with Crippen LogP contribution in [0.15, 0.2) is 35.3 Å². The van der Waals surface area contributed by atoms with Crippen molar-refractivity contribution in [2.24, 2.45) is 4.99 Å². The standard InChI is InChI=1S/C25H42N6O.HI/c1-5-28(6-2)23(22-12-8-7-9-13-22)20-27-25(26-4)31-18-16-29(17-19-31)21(3)24(32)30-14-10-11-15-30;/h7-9,12-13,21,23H,5-6,10-11,14-20H2,1-4H3,(H,26,27);1H. The van der Waals surface area contributed by atoms with Crippen LogP contribution < -0.4 is 5.32 Å². The average molecular weight is 571 g/mol. The molecule has 8 heteroatoms. The van der Waals surface area contributed by atoms with Gasteiger partial charge in [-0.2, -0.15) is 0 Å². The molecule has 0 aromatic heterocycles.